The molecule has 1 aliphatic heterocycles. The van der Waals surface area contributed by atoms with Crippen LogP contribution < -0.4 is 25.5 Å². The largest absolute Gasteiger partial charge is 0.545 e. The number of aromatic nitrogens is 1. The molecule has 1 aliphatic rings. The lowest BCUT2D eigenvalue weighted by Gasteiger charge is -2.37. The summed E-state index contributed by atoms with van der Waals surface area (Å²) in [5.74, 6) is -1.39. The van der Waals surface area contributed by atoms with Gasteiger partial charge in [-0.15, -0.1) is 0 Å². The van der Waals surface area contributed by atoms with Gasteiger partial charge in [0.2, 0.25) is 0 Å². The van der Waals surface area contributed by atoms with Crippen molar-refractivity contribution in [2.24, 2.45) is 0 Å². The molecule has 0 radical (unpaired) electrons. The third-order valence-electron chi connectivity index (χ3n) is 5.96. The number of benzene rings is 2. The fourth-order valence-electron chi connectivity index (χ4n) is 4.08. The van der Waals surface area contributed by atoms with E-state index in [1.165, 1.54) is 6.20 Å². The number of carbonyl (C=O) groups excluding carboxylic acids is 1. The lowest BCUT2D eigenvalue weighted by Crippen LogP contribution is -2.50. The molecule has 0 saturated carbocycles. The first-order valence-electron chi connectivity index (χ1n) is 10.8. The molecule has 0 aliphatic carbocycles. The van der Waals surface area contributed by atoms with Crippen molar-refractivity contribution in [1.29, 1.82) is 0 Å². The quantitative estimate of drug-likeness (QED) is 0.552. The summed E-state index contributed by atoms with van der Waals surface area (Å²) in [6.45, 7) is 4.47. The van der Waals surface area contributed by atoms with E-state index in [0.29, 0.717) is 49.0 Å². The van der Waals surface area contributed by atoms with Crippen LogP contribution in [0.25, 0.3) is 10.9 Å². The zero-order valence-electron chi connectivity index (χ0n) is 18.8. The number of nitrogens with zero attached hydrogens (tertiary/aromatic N) is 3. The molecule has 1 saturated heterocycles. The third kappa shape index (κ3) is 4.54. The van der Waals surface area contributed by atoms with Gasteiger partial charge in [0.05, 0.1) is 29.8 Å². The molecular weight excluding hydrogens is 459 g/mol. The number of rotatable bonds is 5. The SMILES string of the molecule is CCn1cc(C(=O)[O-])c(=O)c2cc(F)c(N3CCN(C(=S)Nc4ccc(OC)cc4)CC3)cc21. The maximum Gasteiger partial charge on any atom is 0.198 e. The molecule has 0 spiro atoms. The summed E-state index contributed by atoms with van der Waals surface area (Å²) in [6.07, 6.45) is 1.25. The Hall–Kier alpha value is -3.66. The summed E-state index contributed by atoms with van der Waals surface area (Å²) in [5, 5.41) is 15.1. The summed E-state index contributed by atoms with van der Waals surface area (Å²) in [7, 11) is 1.61. The Morgan fingerprint density at radius 2 is 1.85 bits per heavy atom. The van der Waals surface area contributed by atoms with Gasteiger partial charge in [-0.3, -0.25) is 4.79 Å². The molecule has 3 aromatic rings. The second-order valence-electron chi connectivity index (χ2n) is 7.90. The van der Waals surface area contributed by atoms with Crippen LogP contribution in [-0.4, -0.2) is 53.8 Å². The van der Waals surface area contributed by atoms with E-state index in [9.17, 15) is 14.7 Å². The van der Waals surface area contributed by atoms with Crippen molar-refractivity contribution in [2.75, 3.05) is 43.5 Å². The number of methoxy groups -OCH3 is 1. The van der Waals surface area contributed by atoms with E-state index in [1.54, 1.807) is 17.7 Å². The predicted octanol–water partition coefficient (Wildman–Crippen LogP) is 2.05. The van der Waals surface area contributed by atoms with Crippen molar-refractivity contribution >= 4 is 45.6 Å². The first kappa shape index (κ1) is 23.5. The first-order valence-corrected chi connectivity index (χ1v) is 11.3. The molecule has 0 bridgehead atoms. The Bertz CT molecular complexity index is 1300. The Kier molecular flexibility index (Phi) is 6.69. The fourth-order valence-corrected chi connectivity index (χ4v) is 4.38. The average Bonchev–Trinajstić information content (AvgIpc) is 2.84. The number of carboxylic acid groups (broad SMARTS) is 1. The molecule has 8 nitrogen and oxygen atoms in total. The van der Waals surface area contributed by atoms with Gasteiger partial charge in [-0.2, -0.15) is 0 Å². The zero-order chi connectivity index (χ0) is 24.4. The van der Waals surface area contributed by atoms with Gasteiger partial charge in [0.25, 0.3) is 0 Å². The number of aromatic carboxylic acids is 1. The molecular formula is C24H24FN4O4S-. The van der Waals surface area contributed by atoms with Gasteiger partial charge in [0.1, 0.15) is 11.6 Å². The van der Waals surface area contributed by atoms with Crippen molar-refractivity contribution in [2.45, 2.75) is 13.5 Å². The van der Waals surface area contributed by atoms with Crippen molar-refractivity contribution in [3.63, 3.8) is 0 Å². The summed E-state index contributed by atoms with van der Waals surface area (Å²) in [6, 6.07) is 10.2. The highest BCUT2D eigenvalue weighted by molar-refractivity contribution is 7.80. The van der Waals surface area contributed by atoms with Crippen LogP contribution in [0.4, 0.5) is 15.8 Å². The van der Waals surface area contributed by atoms with Crippen molar-refractivity contribution in [3.05, 3.63) is 64.2 Å². The standard InChI is InChI=1S/C24H25FN4O4S/c1-3-27-14-18(23(31)32)22(30)17-12-19(25)21(13-20(17)27)28-8-10-29(11-9-28)24(34)26-15-4-6-16(33-2)7-5-15/h4-7,12-14H,3,8-11H2,1-2H3,(H,26,34)(H,31,32)/p-1. The number of ether oxygens (including phenoxy) is 1. The Morgan fingerprint density at radius 3 is 2.44 bits per heavy atom. The Morgan fingerprint density at radius 1 is 1.18 bits per heavy atom. The molecule has 10 heteroatoms. The predicted molar refractivity (Wildman–Crippen MR) is 131 cm³/mol. The minimum absolute atomic E-state index is 0.0216. The Labute approximate surface area is 201 Å². The number of thiocarbonyl (C=S) groups is 1. The minimum Gasteiger partial charge on any atom is -0.545 e. The molecule has 34 heavy (non-hydrogen) atoms. The molecule has 2 heterocycles. The van der Waals surface area contributed by atoms with Gasteiger partial charge in [0.15, 0.2) is 10.5 Å². The van der Waals surface area contributed by atoms with E-state index >= 15 is 4.39 Å². The number of fused-ring (bicyclic) bond motifs is 1. The second kappa shape index (κ2) is 9.68. The molecule has 2 aromatic carbocycles. The number of pyridine rings is 1. The first-order chi connectivity index (χ1) is 16.3. The molecule has 0 atom stereocenters. The molecule has 0 unspecified atom stereocenters. The maximum absolute atomic E-state index is 15.0. The highest BCUT2D eigenvalue weighted by atomic mass is 32.1. The average molecular weight is 484 g/mol. The summed E-state index contributed by atoms with van der Waals surface area (Å²) >= 11 is 5.54. The molecule has 178 valence electrons. The lowest BCUT2D eigenvalue weighted by atomic mass is 10.1. The fraction of sp³-hybridized carbons (Fsp3) is 0.292. The van der Waals surface area contributed by atoms with Crippen LogP contribution in [0.3, 0.4) is 0 Å². The number of hydrogen-bond donors (Lipinski definition) is 1. The zero-order valence-corrected chi connectivity index (χ0v) is 19.7. The third-order valence-corrected chi connectivity index (χ3v) is 6.32. The number of halogens is 1. The Balaban J connectivity index is 1.52. The topological polar surface area (TPSA) is 89.9 Å². The number of anilines is 2. The van der Waals surface area contributed by atoms with Crippen molar-refractivity contribution in [3.8, 4) is 5.75 Å². The normalized spacial score (nSPS) is 13.7. The van der Waals surface area contributed by atoms with Gasteiger partial charge in [0, 0.05) is 50.0 Å². The van der Waals surface area contributed by atoms with E-state index in [1.807, 2.05) is 41.0 Å². The number of carboxylic acids is 1. The van der Waals surface area contributed by atoms with E-state index in [-0.39, 0.29) is 5.39 Å². The van der Waals surface area contributed by atoms with Crippen LogP contribution in [0, 0.1) is 5.82 Å². The maximum atomic E-state index is 15.0. The molecule has 1 aromatic heterocycles. The van der Waals surface area contributed by atoms with Crippen LogP contribution in [0.2, 0.25) is 0 Å². The molecule has 1 fully saturated rings. The lowest BCUT2D eigenvalue weighted by molar-refractivity contribution is -0.255. The van der Waals surface area contributed by atoms with E-state index in [0.717, 1.165) is 17.5 Å². The monoisotopic (exact) mass is 483 g/mol. The van der Waals surface area contributed by atoms with E-state index in [2.05, 4.69) is 5.32 Å². The highest BCUT2D eigenvalue weighted by Gasteiger charge is 2.23. The number of carbonyl (C=O) groups is 1. The van der Waals surface area contributed by atoms with Crippen LogP contribution in [0.1, 0.15) is 17.3 Å². The molecule has 0 amide bonds. The van der Waals surface area contributed by atoms with Crippen LogP contribution in [-0.2, 0) is 6.54 Å². The van der Waals surface area contributed by atoms with Crippen LogP contribution >= 0.6 is 12.2 Å². The van der Waals surface area contributed by atoms with Gasteiger partial charge in [-0.25, -0.2) is 4.39 Å². The smallest absolute Gasteiger partial charge is 0.198 e. The van der Waals surface area contributed by atoms with Crippen molar-refractivity contribution < 1.29 is 19.0 Å². The number of aryl methyl sites for hydroxylation is 1. The van der Waals surface area contributed by atoms with Crippen LogP contribution in [0.15, 0.2) is 47.4 Å². The minimum atomic E-state index is -1.58. The van der Waals surface area contributed by atoms with E-state index in [4.69, 9.17) is 17.0 Å². The number of nitrogens with one attached hydrogen (secondary N) is 1. The van der Waals surface area contributed by atoms with Gasteiger partial charge in [-0.1, -0.05) is 0 Å². The number of piperazine rings is 1. The molecule has 1 N–H and O–H groups in total. The summed E-state index contributed by atoms with van der Waals surface area (Å²) in [4.78, 5) is 27.8. The highest BCUT2D eigenvalue weighted by Crippen LogP contribution is 2.26. The van der Waals surface area contributed by atoms with Gasteiger partial charge >= 0.3 is 0 Å². The van der Waals surface area contributed by atoms with Gasteiger partial charge in [-0.05, 0) is 55.5 Å². The van der Waals surface area contributed by atoms with Crippen LogP contribution in [0.5, 0.6) is 5.75 Å². The number of hydrogen-bond acceptors (Lipinski definition) is 6. The van der Waals surface area contributed by atoms with Crippen molar-refractivity contribution in [1.82, 2.24) is 9.47 Å². The summed E-state index contributed by atoms with van der Waals surface area (Å²) < 4.78 is 21.8. The molecule has 4 rings (SSSR count). The second-order valence-corrected chi connectivity index (χ2v) is 8.29. The van der Waals surface area contributed by atoms with E-state index < -0.39 is 22.8 Å². The van der Waals surface area contributed by atoms with Gasteiger partial charge < -0.3 is 34.3 Å². The summed E-state index contributed by atoms with van der Waals surface area (Å²) in [5.41, 5.74) is 0.470.